The maximum absolute atomic E-state index is 12.0. The highest BCUT2D eigenvalue weighted by Crippen LogP contribution is 2.34. The van der Waals surface area contributed by atoms with Gasteiger partial charge in [-0.3, -0.25) is 4.79 Å². The Hall–Kier alpha value is -2.66. The minimum absolute atomic E-state index is 0.266. The summed E-state index contributed by atoms with van der Waals surface area (Å²) in [5.41, 5.74) is 3.30. The zero-order valence-electron chi connectivity index (χ0n) is 12.9. The maximum atomic E-state index is 12.0. The van der Waals surface area contributed by atoms with Gasteiger partial charge in [-0.25, -0.2) is 0 Å². The van der Waals surface area contributed by atoms with Gasteiger partial charge >= 0.3 is 0 Å². The fourth-order valence-electron chi connectivity index (χ4n) is 2.45. The van der Waals surface area contributed by atoms with Crippen LogP contribution >= 0.6 is 11.3 Å². The van der Waals surface area contributed by atoms with E-state index in [0.717, 1.165) is 22.1 Å². The van der Waals surface area contributed by atoms with Crippen LogP contribution < -0.4 is 5.32 Å². The van der Waals surface area contributed by atoms with Crippen molar-refractivity contribution in [2.45, 2.75) is 0 Å². The van der Waals surface area contributed by atoms with E-state index < -0.39 is 0 Å². The van der Waals surface area contributed by atoms with Gasteiger partial charge in [0.15, 0.2) is 5.71 Å². The number of nitrogens with zero attached hydrogens (tertiary/aromatic N) is 1. The van der Waals surface area contributed by atoms with Crippen molar-refractivity contribution in [2.75, 3.05) is 14.2 Å². The molecule has 3 rings (SSSR count). The highest BCUT2D eigenvalue weighted by atomic mass is 32.1. The number of carbonyl (C=O) groups is 1. The van der Waals surface area contributed by atoms with Crippen LogP contribution in [0.4, 0.5) is 0 Å². The van der Waals surface area contributed by atoms with Crippen LogP contribution in [0.1, 0.15) is 5.56 Å². The van der Waals surface area contributed by atoms with E-state index in [9.17, 15) is 4.79 Å². The molecule has 0 fully saturated rings. The van der Waals surface area contributed by atoms with Crippen molar-refractivity contribution in [3.63, 3.8) is 0 Å². The highest BCUT2D eigenvalue weighted by molar-refractivity contribution is 7.17. The Morgan fingerprint density at radius 2 is 1.96 bits per heavy atom. The summed E-state index contributed by atoms with van der Waals surface area (Å²) in [4.78, 5) is 16.8. The molecule has 0 saturated heterocycles. The fraction of sp³-hybridized carbons (Fsp3) is 0.111. The van der Waals surface area contributed by atoms with Crippen molar-refractivity contribution in [3.05, 3.63) is 59.5 Å². The van der Waals surface area contributed by atoms with Gasteiger partial charge < -0.3 is 10.2 Å². The number of rotatable bonds is 4. The van der Waals surface area contributed by atoms with Crippen molar-refractivity contribution >= 4 is 33.0 Å². The number of oxime groups is 1. The third-order valence-corrected chi connectivity index (χ3v) is 4.52. The van der Waals surface area contributed by atoms with Crippen molar-refractivity contribution in [1.82, 2.24) is 5.32 Å². The van der Waals surface area contributed by atoms with E-state index in [1.165, 1.54) is 11.8 Å². The minimum Gasteiger partial charge on any atom is -0.398 e. The lowest BCUT2D eigenvalue weighted by molar-refractivity contribution is -0.114. The molecular weight excluding hydrogens is 308 g/mol. The summed E-state index contributed by atoms with van der Waals surface area (Å²) < 4.78 is 1.17. The first-order valence-electron chi connectivity index (χ1n) is 7.15. The van der Waals surface area contributed by atoms with Gasteiger partial charge in [-0.1, -0.05) is 41.6 Å². The van der Waals surface area contributed by atoms with Gasteiger partial charge in [0.2, 0.25) is 0 Å². The van der Waals surface area contributed by atoms with E-state index in [-0.39, 0.29) is 11.6 Å². The lowest BCUT2D eigenvalue weighted by Crippen LogP contribution is -2.28. The van der Waals surface area contributed by atoms with E-state index in [1.54, 1.807) is 18.4 Å². The Morgan fingerprint density at radius 1 is 1.17 bits per heavy atom. The van der Waals surface area contributed by atoms with Crippen molar-refractivity contribution in [1.29, 1.82) is 0 Å². The first-order valence-corrected chi connectivity index (χ1v) is 8.03. The summed E-state index contributed by atoms with van der Waals surface area (Å²) in [6, 6.07) is 16.1. The molecule has 23 heavy (non-hydrogen) atoms. The van der Waals surface area contributed by atoms with Crippen LogP contribution in [0, 0.1) is 0 Å². The predicted molar refractivity (Wildman–Crippen MR) is 94.9 cm³/mol. The largest absolute Gasteiger partial charge is 0.398 e. The van der Waals surface area contributed by atoms with Crippen molar-refractivity contribution in [3.8, 4) is 11.1 Å². The predicted octanol–water partition coefficient (Wildman–Crippen LogP) is 3.66. The molecule has 1 amide bonds. The molecule has 5 heteroatoms. The Labute approximate surface area is 138 Å². The van der Waals surface area contributed by atoms with Crippen LogP contribution in [0.3, 0.4) is 0 Å². The Bertz CT molecular complexity index is 869. The molecule has 0 radical (unpaired) electrons. The number of thiophene rings is 1. The molecule has 1 N–H and O–H groups in total. The summed E-state index contributed by atoms with van der Waals surface area (Å²) in [7, 11) is 3.01. The average Bonchev–Trinajstić information content (AvgIpc) is 3.03. The third kappa shape index (κ3) is 2.96. The summed E-state index contributed by atoms with van der Waals surface area (Å²) in [6.45, 7) is 0. The summed E-state index contributed by atoms with van der Waals surface area (Å²) >= 11 is 1.69. The van der Waals surface area contributed by atoms with Crippen LogP contribution in [-0.4, -0.2) is 25.8 Å². The number of hydrogen-bond donors (Lipinski definition) is 1. The highest BCUT2D eigenvalue weighted by Gasteiger charge is 2.15. The molecule has 0 atom stereocenters. The quantitative estimate of drug-likeness (QED) is 0.588. The standard InChI is InChI=1S/C18H16N2O2S/c1-19-18(21)17(20-22-2)13-8-9-16-14(10-13)15(11-23-16)12-6-4-3-5-7-12/h3-11H,1-2H3,(H,19,21)/b20-17-. The van der Waals surface area contributed by atoms with E-state index in [0.29, 0.717) is 0 Å². The summed E-state index contributed by atoms with van der Waals surface area (Å²) in [5, 5.41) is 9.70. The van der Waals surface area contributed by atoms with Gasteiger partial charge in [-0.15, -0.1) is 11.3 Å². The normalized spacial score (nSPS) is 11.5. The fourth-order valence-corrected chi connectivity index (χ4v) is 3.40. The number of benzene rings is 2. The van der Waals surface area contributed by atoms with E-state index in [2.05, 4.69) is 28.0 Å². The zero-order valence-corrected chi connectivity index (χ0v) is 13.7. The molecule has 0 bridgehead atoms. The lowest BCUT2D eigenvalue weighted by Gasteiger charge is -2.06. The third-order valence-electron chi connectivity index (χ3n) is 3.56. The number of likely N-dealkylation sites (N-methyl/N-ethyl adjacent to an activating group) is 1. The first kappa shape index (κ1) is 15.2. The monoisotopic (exact) mass is 324 g/mol. The van der Waals surface area contributed by atoms with Crippen molar-refractivity contribution in [2.24, 2.45) is 5.16 Å². The second-order valence-corrected chi connectivity index (χ2v) is 5.84. The zero-order chi connectivity index (χ0) is 16.2. The second-order valence-electron chi connectivity index (χ2n) is 4.93. The van der Waals surface area contributed by atoms with Gasteiger partial charge in [-0.05, 0) is 23.1 Å². The topological polar surface area (TPSA) is 50.7 Å². The maximum Gasteiger partial charge on any atom is 0.273 e. The molecular formula is C18H16N2O2S. The lowest BCUT2D eigenvalue weighted by atomic mass is 10.0. The molecule has 2 aromatic carbocycles. The minimum atomic E-state index is -0.275. The summed E-state index contributed by atoms with van der Waals surface area (Å²) in [5.74, 6) is -0.275. The van der Waals surface area contributed by atoms with Crippen molar-refractivity contribution < 1.29 is 9.63 Å². The first-order chi connectivity index (χ1) is 11.2. The molecule has 1 heterocycles. The van der Waals surface area contributed by atoms with Gasteiger partial charge in [0, 0.05) is 28.3 Å². The molecule has 4 nitrogen and oxygen atoms in total. The Kier molecular flexibility index (Phi) is 4.39. The van der Waals surface area contributed by atoms with Crippen LogP contribution in [0.25, 0.3) is 21.2 Å². The van der Waals surface area contributed by atoms with E-state index in [1.807, 2.05) is 36.4 Å². The van der Waals surface area contributed by atoms with Gasteiger partial charge in [0.25, 0.3) is 5.91 Å². The molecule has 1 aromatic heterocycles. The molecule has 116 valence electrons. The van der Waals surface area contributed by atoms with Crippen LogP contribution in [0.15, 0.2) is 59.1 Å². The number of amides is 1. The molecule has 0 unspecified atom stereocenters. The van der Waals surface area contributed by atoms with E-state index in [4.69, 9.17) is 4.84 Å². The van der Waals surface area contributed by atoms with Crippen LogP contribution in [0.2, 0.25) is 0 Å². The van der Waals surface area contributed by atoms with Gasteiger partial charge in [-0.2, -0.15) is 0 Å². The Balaban J connectivity index is 2.14. The number of nitrogens with one attached hydrogen (secondary N) is 1. The van der Waals surface area contributed by atoms with Crippen LogP contribution in [-0.2, 0) is 9.63 Å². The molecule has 3 aromatic rings. The van der Waals surface area contributed by atoms with Gasteiger partial charge in [0.1, 0.15) is 7.11 Å². The van der Waals surface area contributed by atoms with Crippen LogP contribution in [0.5, 0.6) is 0 Å². The molecule has 0 saturated carbocycles. The second kappa shape index (κ2) is 6.62. The smallest absolute Gasteiger partial charge is 0.273 e. The average molecular weight is 324 g/mol. The SMILES string of the molecule is CNC(=O)/C(=N\OC)c1ccc2scc(-c3ccccc3)c2c1. The molecule has 0 aliphatic carbocycles. The summed E-state index contributed by atoms with van der Waals surface area (Å²) in [6.07, 6.45) is 0. The molecule has 0 spiro atoms. The number of hydrogen-bond acceptors (Lipinski definition) is 4. The molecule has 0 aliphatic rings. The van der Waals surface area contributed by atoms with Gasteiger partial charge in [0.05, 0.1) is 0 Å². The number of carbonyl (C=O) groups excluding carboxylic acids is 1. The number of fused-ring (bicyclic) bond motifs is 1. The molecule has 0 aliphatic heterocycles. The Morgan fingerprint density at radius 3 is 2.65 bits per heavy atom. The van der Waals surface area contributed by atoms with E-state index >= 15 is 0 Å².